The largest absolute Gasteiger partial charge is 0.467 e. The van der Waals surface area contributed by atoms with Crippen molar-refractivity contribution < 1.29 is 9.21 Å². The lowest BCUT2D eigenvalue weighted by molar-refractivity contribution is 0.0948. The highest BCUT2D eigenvalue weighted by Crippen LogP contribution is 2.26. The number of fused-ring (bicyclic) bond motifs is 1. The molecule has 3 rings (SSSR count). The maximum absolute atomic E-state index is 12.1. The second-order valence-corrected chi connectivity index (χ2v) is 5.13. The van der Waals surface area contributed by atoms with Crippen LogP contribution in [0.3, 0.4) is 0 Å². The minimum absolute atomic E-state index is 0.0579. The summed E-state index contributed by atoms with van der Waals surface area (Å²) >= 11 is 0. The van der Waals surface area contributed by atoms with Crippen molar-refractivity contribution in [2.45, 2.75) is 19.4 Å². The van der Waals surface area contributed by atoms with Crippen molar-refractivity contribution >= 4 is 11.6 Å². The fourth-order valence-corrected chi connectivity index (χ4v) is 2.61. The van der Waals surface area contributed by atoms with Crippen molar-refractivity contribution in [3.8, 4) is 0 Å². The van der Waals surface area contributed by atoms with Crippen molar-refractivity contribution in [2.75, 3.05) is 18.5 Å². The number of hydrogen-bond donors (Lipinski definition) is 1. The lowest BCUT2D eigenvalue weighted by atomic mass is 9.99. The first-order valence-corrected chi connectivity index (χ1v) is 6.89. The molecular weight excluding hydrogens is 252 g/mol. The first kappa shape index (κ1) is 12.8. The van der Waals surface area contributed by atoms with Gasteiger partial charge in [0.1, 0.15) is 5.76 Å². The molecule has 2 heterocycles. The predicted molar refractivity (Wildman–Crippen MR) is 77.9 cm³/mol. The van der Waals surface area contributed by atoms with E-state index in [0.717, 1.165) is 25.1 Å². The number of nitrogens with zero attached hydrogens (tertiary/aromatic N) is 1. The number of furan rings is 1. The van der Waals surface area contributed by atoms with Crippen molar-refractivity contribution in [1.82, 2.24) is 5.32 Å². The summed E-state index contributed by atoms with van der Waals surface area (Å²) in [5.74, 6) is 0.702. The number of carbonyl (C=O) groups excluding carboxylic acids is 1. The molecule has 0 radical (unpaired) electrons. The lowest BCUT2D eigenvalue weighted by Crippen LogP contribution is -2.26. The standard InChI is InChI=1S/C16H18N2O2/c1-18-8-2-4-12-10-13(6-7-15(12)18)16(19)17-11-14-5-3-9-20-14/h3,5-7,9-10H,2,4,8,11H2,1H3,(H,17,19). The van der Waals surface area contributed by atoms with E-state index in [4.69, 9.17) is 4.42 Å². The van der Waals surface area contributed by atoms with Gasteiger partial charge in [-0.3, -0.25) is 4.79 Å². The monoisotopic (exact) mass is 270 g/mol. The average molecular weight is 270 g/mol. The number of hydrogen-bond acceptors (Lipinski definition) is 3. The molecule has 4 nitrogen and oxygen atoms in total. The van der Waals surface area contributed by atoms with E-state index in [9.17, 15) is 4.79 Å². The van der Waals surface area contributed by atoms with Crippen LogP contribution in [0.5, 0.6) is 0 Å². The van der Waals surface area contributed by atoms with Gasteiger partial charge in [-0.1, -0.05) is 0 Å². The Balaban J connectivity index is 1.72. The molecule has 4 heteroatoms. The Morgan fingerprint density at radius 2 is 2.30 bits per heavy atom. The van der Waals surface area contributed by atoms with Crippen molar-refractivity contribution in [3.63, 3.8) is 0 Å². The van der Waals surface area contributed by atoms with E-state index in [1.807, 2.05) is 30.3 Å². The summed E-state index contributed by atoms with van der Waals surface area (Å²) in [6.45, 7) is 1.50. The molecular formula is C16H18N2O2. The first-order chi connectivity index (χ1) is 9.74. The number of aryl methyl sites for hydroxylation is 1. The fraction of sp³-hybridized carbons (Fsp3) is 0.312. The molecule has 0 unspecified atom stereocenters. The molecule has 0 spiro atoms. The number of amides is 1. The number of carbonyl (C=O) groups is 1. The van der Waals surface area contributed by atoms with Gasteiger partial charge in [-0.25, -0.2) is 0 Å². The van der Waals surface area contributed by atoms with Crippen molar-refractivity contribution in [3.05, 3.63) is 53.5 Å². The van der Waals surface area contributed by atoms with Gasteiger partial charge in [-0.15, -0.1) is 0 Å². The van der Waals surface area contributed by atoms with Gasteiger partial charge in [0.15, 0.2) is 0 Å². The van der Waals surface area contributed by atoms with Crippen molar-refractivity contribution in [1.29, 1.82) is 0 Å². The summed E-state index contributed by atoms with van der Waals surface area (Å²) < 4.78 is 5.20. The fourth-order valence-electron chi connectivity index (χ4n) is 2.61. The molecule has 1 N–H and O–H groups in total. The Morgan fingerprint density at radius 3 is 3.10 bits per heavy atom. The maximum Gasteiger partial charge on any atom is 0.251 e. The topological polar surface area (TPSA) is 45.5 Å². The summed E-state index contributed by atoms with van der Waals surface area (Å²) in [5, 5.41) is 2.87. The maximum atomic E-state index is 12.1. The van der Waals surface area contributed by atoms with Gasteiger partial charge < -0.3 is 14.6 Å². The van der Waals surface area contributed by atoms with Crippen LogP contribution in [-0.4, -0.2) is 19.5 Å². The number of benzene rings is 1. The molecule has 2 aromatic rings. The van der Waals surface area contributed by atoms with Gasteiger partial charge in [0.05, 0.1) is 12.8 Å². The van der Waals surface area contributed by atoms with Crippen LogP contribution in [-0.2, 0) is 13.0 Å². The summed E-state index contributed by atoms with van der Waals surface area (Å²) in [6, 6.07) is 9.59. The quantitative estimate of drug-likeness (QED) is 0.932. The van der Waals surface area contributed by atoms with Gasteiger partial charge in [0, 0.05) is 24.8 Å². The van der Waals surface area contributed by atoms with E-state index in [2.05, 4.69) is 17.3 Å². The van der Waals surface area contributed by atoms with Gasteiger partial charge >= 0.3 is 0 Å². The van der Waals surface area contributed by atoms with Gasteiger partial charge in [0.25, 0.3) is 5.91 Å². The highest BCUT2D eigenvalue weighted by atomic mass is 16.3. The summed E-state index contributed by atoms with van der Waals surface area (Å²) in [4.78, 5) is 14.4. The Kier molecular flexibility index (Phi) is 3.46. The van der Waals surface area contributed by atoms with Gasteiger partial charge in [-0.05, 0) is 48.7 Å². The van der Waals surface area contributed by atoms with Crippen LogP contribution in [0, 0.1) is 0 Å². The SMILES string of the molecule is CN1CCCc2cc(C(=O)NCc3ccco3)ccc21. The Labute approximate surface area is 118 Å². The van der Waals surface area contributed by atoms with Crippen LogP contribution in [0.15, 0.2) is 41.0 Å². The van der Waals surface area contributed by atoms with E-state index in [1.54, 1.807) is 6.26 Å². The van der Waals surface area contributed by atoms with E-state index < -0.39 is 0 Å². The third-order valence-electron chi connectivity index (χ3n) is 3.70. The molecule has 104 valence electrons. The summed E-state index contributed by atoms with van der Waals surface area (Å²) in [5.41, 5.74) is 3.20. The third kappa shape index (κ3) is 2.54. The Bertz CT molecular complexity index is 605. The molecule has 1 amide bonds. The molecule has 1 aromatic carbocycles. The van der Waals surface area contributed by atoms with Gasteiger partial charge in [-0.2, -0.15) is 0 Å². The van der Waals surface area contributed by atoms with Crippen LogP contribution in [0.25, 0.3) is 0 Å². The highest BCUT2D eigenvalue weighted by molar-refractivity contribution is 5.94. The number of rotatable bonds is 3. The zero-order valence-electron chi connectivity index (χ0n) is 11.6. The molecule has 0 bridgehead atoms. The number of anilines is 1. The summed E-state index contributed by atoms with van der Waals surface area (Å²) in [6.07, 6.45) is 3.79. The lowest BCUT2D eigenvalue weighted by Gasteiger charge is -2.27. The van der Waals surface area contributed by atoms with Crippen LogP contribution < -0.4 is 10.2 Å². The second-order valence-electron chi connectivity index (χ2n) is 5.13. The molecule has 1 aromatic heterocycles. The third-order valence-corrected chi connectivity index (χ3v) is 3.70. The smallest absolute Gasteiger partial charge is 0.251 e. The minimum Gasteiger partial charge on any atom is -0.467 e. The Hall–Kier alpha value is -2.23. The molecule has 0 atom stereocenters. The molecule has 0 saturated heterocycles. The van der Waals surface area contributed by atoms with E-state index in [0.29, 0.717) is 12.1 Å². The molecule has 0 aliphatic carbocycles. The van der Waals surface area contributed by atoms with Gasteiger partial charge in [0.2, 0.25) is 0 Å². The molecule has 1 aliphatic rings. The molecule has 0 fully saturated rings. The number of nitrogens with one attached hydrogen (secondary N) is 1. The normalized spacial score (nSPS) is 13.9. The summed E-state index contributed by atoms with van der Waals surface area (Å²) in [7, 11) is 2.09. The van der Waals surface area contributed by atoms with E-state index >= 15 is 0 Å². The average Bonchev–Trinajstić information content (AvgIpc) is 2.98. The van der Waals surface area contributed by atoms with Crippen molar-refractivity contribution in [2.24, 2.45) is 0 Å². The predicted octanol–water partition coefficient (Wildman–Crippen LogP) is 2.59. The zero-order valence-corrected chi connectivity index (χ0v) is 11.6. The highest BCUT2D eigenvalue weighted by Gasteiger charge is 2.15. The second kappa shape index (κ2) is 5.41. The van der Waals surface area contributed by atoms with Crippen LogP contribution >= 0.6 is 0 Å². The van der Waals surface area contributed by atoms with Crippen LogP contribution in [0.4, 0.5) is 5.69 Å². The minimum atomic E-state index is -0.0579. The van der Waals surface area contributed by atoms with Crippen LogP contribution in [0.1, 0.15) is 28.1 Å². The molecule has 1 aliphatic heterocycles. The van der Waals surface area contributed by atoms with Crippen LogP contribution in [0.2, 0.25) is 0 Å². The Morgan fingerprint density at radius 1 is 1.40 bits per heavy atom. The first-order valence-electron chi connectivity index (χ1n) is 6.89. The zero-order chi connectivity index (χ0) is 13.9. The van der Waals surface area contributed by atoms with E-state index in [1.165, 1.54) is 11.3 Å². The van der Waals surface area contributed by atoms with E-state index in [-0.39, 0.29) is 5.91 Å². The molecule has 0 saturated carbocycles. The molecule has 20 heavy (non-hydrogen) atoms.